The van der Waals surface area contributed by atoms with Gasteiger partial charge in [0.1, 0.15) is 0 Å². The van der Waals surface area contributed by atoms with Gasteiger partial charge in [-0.1, -0.05) is 20.8 Å². The Labute approximate surface area is 109 Å². The van der Waals surface area contributed by atoms with Crippen molar-refractivity contribution >= 4 is 0 Å². The van der Waals surface area contributed by atoms with Gasteiger partial charge in [-0.15, -0.1) is 5.10 Å². The highest BCUT2D eigenvalue weighted by atomic mass is 15.6. The molecule has 1 aliphatic carbocycles. The highest BCUT2D eigenvalue weighted by Crippen LogP contribution is 2.40. The minimum absolute atomic E-state index is 0.222. The first-order chi connectivity index (χ1) is 8.53. The minimum atomic E-state index is 0.222. The number of aromatic nitrogens is 4. The maximum Gasteiger partial charge on any atom is 0.168 e. The summed E-state index contributed by atoms with van der Waals surface area (Å²) in [4.78, 5) is 0. The van der Waals surface area contributed by atoms with Gasteiger partial charge in [0, 0.05) is 0 Å². The van der Waals surface area contributed by atoms with Crippen LogP contribution in [0.2, 0.25) is 0 Å². The number of nitrogens with one attached hydrogen (secondary N) is 1. The van der Waals surface area contributed by atoms with E-state index in [-0.39, 0.29) is 6.04 Å². The zero-order valence-electron chi connectivity index (χ0n) is 12.0. The molecule has 1 fully saturated rings. The van der Waals surface area contributed by atoms with Gasteiger partial charge >= 0.3 is 0 Å². The zero-order chi connectivity index (χ0) is 13.2. The van der Waals surface area contributed by atoms with Crippen LogP contribution in [0.5, 0.6) is 0 Å². The lowest BCUT2D eigenvalue weighted by Crippen LogP contribution is -2.28. The fourth-order valence-corrected chi connectivity index (χ4v) is 2.77. The molecule has 1 aliphatic rings. The van der Waals surface area contributed by atoms with E-state index in [0.29, 0.717) is 11.5 Å². The molecular formula is C13H25N5. The SMILES string of the molecule is CCNC(C)c1nnnn1C1CCC(C)(C)CC1. The third-order valence-electron chi connectivity index (χ3n) is 4.07. The van der Waals surface area contributed by atoms with Gasteiger partial charge in [0.2, 0.25) is 0 Å². The van der Waals surface area contributed by atoms with Crippen molar-refractivity contribution < 1.29 is 0 Å². The second-order valence-electron chi connectivity index (χ2n) is 6.16. The van der Waals surface area contributed by atoms with Crippen LogP contribution in [0.1, 0.15) is 71.3 Å². The average molecular weight is 251 g/mol. The summed E-state index contributed by atoms with van der Waals surface area (Å²) in [5.41, 5.74) is 0.484. The summed E-state index contributed by atoms with van der Waals surface area (Å²) in [5, 5.41) is 15.6. The van der Waals surface area contributed by atoms with Crippen LogP contribution in [-0.4, -0.2) is 26.8 Å². The molecule has 0 aliphatic heterocycles. The van der Waals surface area contributed by atoms with Crippen LogP contribution in [-0.2, 0) is 0 Å². The summed E-state index contributed by atoms with van der Waals surface area (Å²) in [5.74, 6) is 0.974. The first-order valence-corrected chi connectivity index (χ1v) is 7.04. The Balaban J connectivity index is 2.08. The maximum absolute atomic E-state index is 4.21. The summed E-state index contributed by atoms with van der Waals surface area (Å²) >= 11 is 0. The van der Waals surface area contributed by atoms with Gasteiger partial charge in [-0.2, -0.15) is 0 Å². The van der Waals surface area contributed by atoms with Crippen LogP contribution < -0.4 is 5.32 Å². The molecule has 1 heterocycles. The predicted molar refractivity (Wildman–Crippen MR) is 71.2 cm³/mol. The second kappa shape index (κ2) is 5.34. The molecule has 1 unspecified atom stereocenters. The average Bonchev–Trinajstić information content (AvgIpc) is 2.78. The molecular weight excluding hydrogens is 226 g/mol. The Bertz CT molecular complexity index is 374. The molecule has 1 aromatic rings. The second-order valence-corrected chi connectivity index (χ2v) is 6.16. The molecule has 18 heavy (non-hydrogen) atoms. The summed E-state index contributed by atoms with van der Waals surface area (Å²) in [6, 6.07) is 0.698. The van der Waals surface area contributed by atoms with Gasteiger partial charge in [-0.3, -0.25) is 0 Å². The highest BCUT2D eigenvalue weighted by molar-refractivity contribution is 4.93. The molecule has 102 valence electrons. The van der Waals surface area contributed by atoms with Crippen molar-refractivity contribution in [1.82, 2.24) is 25.5 Å². The molecule has 0 spiro atoms. The topological polar surface area (TPSA) is 55.6 Å². The van der Waals surface area contributed by atoms with E-state index in [2.05, 4.69) is 48.5 Å². The van der Waals surface area contributed by atoms with Crippen molar-refractivity contribution in [3.05, 3.63) is 5.82 Å². The Morgan fingerprint density at radius 3 is 2.67 bits per heavy atom. The van der Waals surface area contributed by atoms with Crippen molar-refractivity contribution in [1.29, 1.82) is 0 Å². The van der Waals surface area contributed by atoms with Crippen LogP contribution in [0.25, 0.3) is 0 Å². The normalized spacial score (nSPS) is 22.0. The van der Waals surface area contributed by atoms with Crippen molar-refractivity contribution in [2.45, 2.75) is 65.5 Å². The van der Waals surface area contributed by atoms with E-state index in [9.17, 15) is 0 Å². The molecule has 2 rings (SSSR count). The number of nitrogens with zero attached hydrogens (tertiary/aromatic N) is 4. The van der Waals surface area contributed by atoms with Crippen LogP contribution in [0.4, 0.5) is 0 Å². The highest BCUT2D eigenvalue weighted by Gasteiger charge is 2.30. The Morgan fingerprint density at radius 2 is 2.06 bits per heavy atom. The van der Waals surface area contributed by atoms with E-state index < -0.39 is 0 Å². The summed E-state index contributed by atoms with van der Waals surface area (Å²) < 4.78 is 2.04. The standard InChI is InChI=1S/C13H25N5/c1-5-14-10(2)12-15-16-17-18(12)11-6-8-13(3,4)9-7-11/h10-11,14H,5-9H2,1-4H3. The Morgan fingerprint density at radius 1 is 1.39 bits per heavy atom. The lowest BCUT2D eigenvalue weighted by atomic mass is 9.75. The predicted octanol–water partition coefficient (Wildman–Crippen LogP) is 2.48. The van der Waals surface area contributed by atoms with Gasteiger partial charge in [0.15, 0.2) is 5.82 Å². The summed E-state index contributed by atoms with van der Waals surface area (Å²) in [7, 11) is 0. The lowest BCUT2D eigenvalue weighted by Gasteiger charge is -2.34. The molecule has 1 saturated carbocycles. The van der Waals surface area contributed by atoms with Crippen LogP contribution in [0.3, 0.4) is 0 Å². The van der Waals surface area contributed by atoms with Crippen molar-refractivity contribution in [3.8, 4) is 0 Å². The van der Waals surface area contributed by atoms with Crippen LogP contribution >= 0.6 is 0 Å². The van der Waals surface area contributed by atoms with Gasteiger partial charge in [0.05, 0.1) is 12.1 Å². The van der Waals surface area contributed by atoms with E-state index in [1.807, 2.05) is 4.68 Å². The third-order valence-corrected chi connectivity index (χ3v) is 4.07. The van der Waals surface area contributed by atoms with Crippen molar-refractivity contribution in [2.24, 2.45) is 5.41 Å². The van der Waals surface area contributed by atoms with Gasteiger partial charge in [-0.25, -0.2) is 4.68 Å². The van der Waals surface area contributed by atoms with Gasteiger partial charge < -0.3 is 5.32 Å². The Hall–Kier alpha value is -0.970. The van der Waals surface area contributed by atoms with Gasteiger partial charge in [-0.05, 0) is 55.0 Å². The lowest BCUT2D eigenvalue weighted by molar-refractivity contribution is 0.180. The molecule has 0 aromatic carbocycles. The smallest absolute Gasteiger partial charge is 0.168 e. The molecule has 0 radical (unpaired) electrons. The molecule has 0 bridgehead atoms. The maximum atomic E-state index is 4.21. The molecule has 0 saturated heterocycles. The Kier molecular flexibility index (Phi) is 4.00. The summed E-state index contributed by atoms with van der Waals surface area (Å²) in [6.45, 7) is 9.87. The van der Waals surface area contributed by atoms with Crippen LogP contribution in [0, 0.1) is 5.41 Å². The number of hydrogen-bond acceptors (Lipinski definition) is 4. The molecule has 1 atom stereocenters. The molecule has 1 aromatic heterocycles. The summed E-state index contributed by atoms with van der Waals surface area (Å²) in [6.07, 6.45) is 4.88. The van der Waals surface area contributed by atoms with E-state index in [1.165, 1.54) is 25.7 Å². The van der Waals surface area contributed by atoms with Crippen molar-refractivity contribution in [3.63, 3.8) is 0 Å². The third kappa shape index (κ3) is 2.88. The van der Waals surface area contributed by atoms with E-state index in [0.717, 1.165) is 12.4 Å². The van der Waals surface area contributed by atoms with Gasteiger partial charge in [0.25, 0.3) is 0 Å². The number of hydrogen-bond donors (Lipinski definition) is 1. The molecule has 1 N–H and O–H groups in total. The molecule has 5 heteroatoms. The fraction of sp³-hybridized carbons (Fsp3) is 0.923. The van der Waals surface area contributed by atoms with Crippen molar-refractivity contribution in [2.75, 3.05) is 6.54 Å². The van der Waals surface area contributed by atoms with E-state index >= 15 is 0 Å². The van der Waals surface area contributed by atoms with E-state index in [1.54, 1.807) is 0 Å². The largest absolute Gasteiger partial charge is 0.308 e. The number of tetrazole rings is 1. The van der Waals surface area contributed by atoms with E-state index in [4.69, 9.17) is 0 Å². The molecule has 5 nitrogen and oxygen atoms in total. The zero-order valence-corrected chi connectivity index (χ0v) is 12.0. The quantitative estimate of drug-likeness (QED) is 0.893. The first kappa shape index (κ1) is 13.5. The molecule has 0 amide bonds. The number of rotatable bonds is 4. The minimum Gasteiger partial charge on any atom is -0.308 e. The fourth-order valence-electron chi connectivity index (χ4n) is 2.77. The first-order valence-electron chi connectivity index (χ1n) is 7.04. The van der Waals surface area contributed by atoms with Crippen LogP contribution in [0.15, 0.2) is 0 Å². The monoisotopic (exact) mass is 251 g/mol.